The van der Waals surface area contributed by atoms with Crippen LogP contribution in [-0.2, 0) is 0 Å². The van der Waals surface area contributed by atoms with Gasteiger partial charge in [0.2, 0.25) is 5.88 Å². The van der Waals surface area contributed by atoms with E-state index in [4.69, 9.17) is 16.3 Å². The third-order valence-corrected chi connectivity index (χ3v) is 3.36. The Hall–Kier alpha value is -0.510. The van der Waals surface area contributed by atoms with Crippen LogP contribution in [0.5, 0.6) is 5.88 Å². The molecule has 19 heavy (non-hydrogen) atoms. The Morgan fingerprint density at radius 3 is 2.26 bits per heavy atom. The highest BCUT2D eigenvalue weighted by Crippen LogP contribution is 2.30. The molecule has 1 aliphatic heterocycles. The largest absolute Gasteiger partial charge is 0.474 e. The number of ether oxygens (including phenoxy) is 1. The van der Waals surface area contributed by atoms with Crippen molar-refractivity contribution in [3.8, 4) is 5.88 Å². The van der Waals surface area contributed by atoms with Crippen molar-refractivity contribution in [1.82, 2.24) is 10.3 Å². The first-order valence-corrected chi connectivity index (χ1v) is 6.71. The second kappa shape index (κ2) is 5.86. The molecule has 1 saturated heterocycles. The summed E-state index contributed by atoms with van der Waals surface area (Å²) in [6, 6.07) is 3.63. The van der Waals surface area contributed by atoms with Crippen LogP contribution in [0.4, 0.5) is 0 Å². The summed E-state index contributed by atoms with van der Waals surface area (Å²) in [6.07, 6.45) is 3.75. The zero-order chi connectivity index (χ0) is 13.4. The summed E-state index contributed by atoms with van der Waals surface area (Å²) in [7, 11) is 0. The van der Waals surface area contributed by atoms with E-state index < -0.39 is 0 Å². The zero-order valence-corrected chi connectivity index (χ0v) is 13.4. The number of hydrogen-bond donors (Lipinski definition) is 1. The van der Waals surface area contributed by atoms with Crippen LogP contribution in [0.15, 0.2) is 18.3 Å². The van der Waals surface area contributed by atoms with E-state index in [-0.39, 0.29) is 29.6 Å². The van der Waals surface area contributed by atoms with Crippen molar-refractivity contribution < 1.29 is 4.74 Å². The van der Waals surface area contributed by atoms with E-state index in [1.54, 1.807) is 12.3 Å². The molecule has 0 atom stereocenters. The van der Waals surface area contributed by atoms with Gasteiger partial charge in [-0.05, 0) is 33.8 Å². The average molecular weight is 305 g/mol. The molecule has 0 bridgehead atoms. The predicted molar refractivity (Wildman–Crippen MR) is 81.4 cm³/mol. The maximum atomic E-state index is 5.97. The van der Waals surface area contributed by atoms with Crippen molar-refractivity contribution in [1.29, 1.82) is 0 Å². The summed E-state index contributed by atoms with van der Waals surface area (Å²) >= 11 is 5.82. The summed E-state index contributed by atoms with van der Waals surface area (Å²) in [5.41, 5.74) is 0.164. The summed E-state index contributed by atoms with van der Waals surface area (Å²) in [5, 5.41) is 4.27. The maximum absolute atomic E-state index is 5.97. The smallest absolute Gasteiger partial charge is 0.213 e. The summed E-state index contributed by atoms with van der Waals surface area (Å²) < 4.78 is 5.97. The molecule has 2 rings (SSSR count). The molecule has 0 unspecified atom stereocenters. The third kappa shape index (κ3) is 4.83. The Bertz CT molecular complexity index is 402. The van der Waals surface area contributed by atoms with E-state index >= 15 is 0 Å². The highest BCUT2D eigenvalue weighted by Gasteiger charge is 2.38. The topological polar surface area (TPSA) is 34.1 Å². The SMILES string of the molecule is CC1(C)CC(Oc2ccc(Cl)cn2)CC(C)(C)N1.Cl. The van der Waals surface area contributed by atoms with Gasteiger partial charge >= 0.3 is 0 Å². The number of rotatable bonds is 2. The molecule has 1 aromatic rings. The van der Waals surface area contributed by atoms with Crippen molar-refractivity contribution in [2.75, 3.05) is 0 Å². The first-order chi connectivity index (χ1) is 8.26. The van der Waals surface area contributed by atoms with Crippen LogP contribution in [0.2, 0.25) is 5.02 Å². The van der Waals surface area contributed by atoms with Crippen LogP contribution >= 0.6 is 24.0 Å². The van der Waals surface area contributed by atoms with Crippen LogP contribution < -0.4 is 10.1 Å². The second-order valence-electron chi connectivity index (χ2n) is 6.36. The standard InChI is InChI=1S/C14H21ClN2O.ClH/c1-13(2)7-11(8-14(3,4)17-13)18-12-6-5-10(15)9-16-12;/h5-6,9,11,17H,7-8H2,1-4H3;1H. The first kappa shape index (κ1) is 16.5. The van der Waals surface area contributed by atoms with Crippen LogP contribution in [0.25, 0.3) is 0 Å². The molecule has 0 radical (unpaired) electrons. The second-order valence-corrected chi connectivity index (χ2v) is 6.79. The van der Waals surface area contributed by atoms with Gasteiger partial charge < -0.3 is 10.1 Å². The minimum atomic E-state index is 0. The highest BCUT2D eigenvalue weighted by molar-refractivity contribution is 6.30. The molecule has 0 amide bonds. The molecule has 2 heterocycles. The van der Waals surface area contributed by atoms with Gasteiger partial charge in [0.25, 0.3) is 0 Å². The fraction of sp³-hybridized carbons (Fsp3) is 0.643. The Morgan fingerprint density at radius 2 is 1.79 bits per heavy atom. The van der Waals surface area contributed by atoms with E-state index in [2.05, 4.69) is 38.0 Å². The number of pyridine rings is 1. The quantitative estimate of drug-likeness (QED) is 0.901. The molecular weight excluding hydrogens is 283 g/mol. The number of piperidine rings is 1. The molecule has 1 aliphatic rings. The van der Waals surface area contributed by atoms with Crippen LogP contribution in [0.3, 0.4) is 0 Å². The normalized spacial score (nSPS) is 21.5. The van der Waals surface area contributed by atoms with Crippen molar-refractivity contribution in [3.63, 3.8) is 0 Å². The van der Waals surface area contributed by atoms with Crippen molar-refractivity contribution in [2.45, 2.75) is 57.7 Å². The lowest BCUT2D eigenvalue weighted by Gasteiger charge is -2.46. The van der Waals surface area contributed by atoms with Gasteiger partial charge in [-0.25, -0.2) is 4.98 Å². The van der Waals surface area contributed by atoms with Gasteiger partial charge in [-0.2, -0.15) is 0 Å². The lowest BCUT2D eigenvalue weighted by Crippen LogP contribution is -2.60. The van der Waals surface area contributed by atoms with E-state index in [1.807, 2.05) is 6.07 Å². The molecule has 0 spiro atoms. The molecule has 0 aromatic carbocycles. The third-order valence-electron chi connectivity index (χ3n) is 3.14. The number of halogens is 2. The van der Waals surface area contributed by atoms with E-state index in [0.29, 0.717) is 10.9 Å². The van der Waals surface area contributed by atoms with E-state index in [1.165, 1.54) is 0 Å². The van der Waals surface area contributed by atoms with Gasteiger partial charge in [-0.1, -0.05) is 11.6 Å². The number of aromatic nitrogens is 1. The zero-order valence-electron chi connectivity index (χ0n) is 11.9. The van der Waals surface area contributed by atoms with Crippen LogP contribution in [-0.4, -0.2) is 22.2 Å². The first-order valence-electron chi connectivity index (χ1n) is 6.33. The Labute approximate surface area is 126 Å². The number of hydrogen-bond acceptors (Lipinski definition) is 3. The molecule has 1 aromatic heterocycles. The fourth-order valence-electron chi connectivity index (χ4n) is 2.91. The van der Waals surface area contributed by atoms with E-state index in [9.17, 15) is 0 Å². The lowest BCUT2D eigenvalue weighted by molar-refractivity contribution is 0.0530. The Morgan fingerprint density at radius 1 is 1.21 bits per heavy atom. The lowest BCUT2D eigenvalue weighted by atomic mass is 9.81. The molecule has 3 nitrogen and oxygen atoms in total. The molecule has 5 heteroatoms. The maximum Gasteiger partial charge on any atom is 0.213 e. The van der Waals surface area contributed by atoms with Gasteiger partial charge in [-0.3, -0.25) is 0 Å². The molecular formula is C14H22Cl2N2O. The molecule has 1 fully saturated rings. The molecule has 108 valence electrons. The van der Waals surface area contributed by atoms with Crippen molar-refractivity contribution in [2.24, 2.45) is 0 Å². The van der Waals surface area contributed by atoms with Crippen molar-refractivity contribution >= 4 is 24.0 Å². The predicted octanol–water partition coefficient (Wildman–Crippen LogP) is 3.84. The van der Waals surface area contributed by atoms with Gasteiger partial charge in [0.15, 0.2) is 0 Å². The fourth-order valence-corrected chi connectivity index (χ4v) is 3.03. The minimum Gasteiger partial charge on any atom is -0.474 e. The van der Waals surface area contributed by atoms with Gasteiger partial charge in [-0.15, -0.1) is 12.4 Å². The molecule has 0 aliphatic carbocycles. The Kier molecular flexibility index (Phi) is 5.10. The summed E-state index contributed by atoms with van der Waals surface area (Å²) in [4.78, 5) is 4.19. The van der Waals surface area contributed by atoms with Crippen LogP contribution in [0.1, 0.15) is 40.5 Å². The minimum absolute atomic E-state index is 0. The number of nitrogens with one attached hydrogen (secondary N) is 1. The van der Waals surface area contributed by atoms with Crippen LogP contribution in [0, 0.1) is 0 Å². The summed E-state index contributed by atoms with van der Waals surface area (Å²) in [6.45, 7) is 8.83. The van der Waals surface area contributed by atoms with Crippen molar-refractivity contribution in [3.05, 3.63) is 23.4 Å². The molecule has 0 saturated carbocycles. The monoisotopic (exact) mass is 304 g/mol. The average Bonchev–Trinajstić information content (AvgIpc) is 2.16. The van der Waals surface area contributed by atoms with Gasteiger partial charge in [0.1, 0.15) is 6.10 Å². The number of nitrogens with zero attached hydrogens (tertiary/aromatic N) is 1. The van der Waals surface area contributed by atoms with Gasteiger partial charge in [0.05, 0.1) is 5.02 Å². The van der Waals surface area contributed by atoms with E-state index in [0.717, 1.165) is 12.8 Å². The Balaban J connectivity index is 0.00000180. The summed E-state index contributed by atoms with van der Waals surface area (Å²) in [5.74, 6) is 0.651. The van der Waals surface area contributed by atoms with Gasteiger partial charge in [0, 0.05) is 36.2 Å². The molecule has 1 N–H and O–H groups in total. The highest BCUT2D eigenvalue weighted by atomic mass is 35.5.